The molecule has 0 saturated heterocycles. The minimum absolute atomic E-state index is 0. The third-order valence-electron chi connectivity index (χ3n) is 4.36. The summed E-state index contributed by atoms with van der Waals surface area (Å²) < 4.78 is 0. The summed E-state index contributed by atoms with van der Waals surface area (Å²) in [7, 11) is 0. The number of nitrogens with two attached hydrogens (primary N) is 1. The van der Waals surface area contributed by atoms with Crippen molar-refractivity contribution in [2.75, 3.05) is 6.61 Å². The normalized spacial score (nSPS) is 13.4. The van der Waals surface area contributed by atoms with Crippen LogP contribution in [0.3, 0.4) is 0 Å². The second-order valence-corrected chi connectivity index (χ2v) is 6.31. The van der Waals surface area contributed by atoms with Crippen molar-refractivity contribution < 1.29 is 10.2 Å². The zero-order valence-electron chi connectivity index (χ0n) is 14.4. The Bertz CT molecular complexity index is 381. The Kier molecular flexibility index (Phi) is 13.4. The summed E-state index contributed by atoms with van der Waals surface area (Å²) in [5, 5.41) is 18.5. The molecule has 3 nitrogen and oxygen atoms in total. The molecule has 0 saturated carbocycles. The molecule has 2 atom stereocenters. The predicted octanol–water partition coefficient (Wildman–Crippen LogP) is 3.83. The topological polar surface area (TPSA) is 66.5 Å². The summed E-state index contributed by atoms with van der Waals surface area (Å²) in [6.45, 7) is 2.19. The monoisotopic (exact) mass is 343 g/mol. The third kappa shape index (κ3) is 9.98. The van der Waals surface area contributed by atoms with Crippen LogP contribution < -0.4 is 5.73 Å². The minimum Gasteiger partial charge on any atom is -0.396 e. The molecule has 134 valence electrons. The standard InChI is InChI=1S/C19H33NO2.ClH/c1-2-3-4-5-6-7-8-16-9-11-17(12-10-16)13-14-18(15-21)19(20)22;/h9-12,18-19,21-22H,2-8,13-15,20H2,1H3;1H. The van der Waals surface area contributed by atoms with Gasteiger partial charge in [0.25, 0.3) is 0 Å². The zero-order valence-corrected chi connectivity index (χ0v) is 15.2. The van der Waals surface area contributed by atoms with E-state index in [1.807, 2.05) is 0 Å². The van der Waals surface area contributed by atoms with E-state index in [0.717, 1.165) is 12.8 Å². The number of aliphatic hydroxyl groups is 2. The van der Waals surface area contributed by atoms with Crippen molar-refractivity contribution in [2.24, 2.45) is 11.7 Å². The molecule has 0 aliphatic heterocycles. The molecule has 0 bridgehead atoms. The third-order valence-corrected chi connectivity index (χ3v) is 4.36. The fourth-order valence-corrected chi connectivity index (χ4v) is 2.70. The average molecular weight is 344 g/mol. The van der Waals surface area contributed by atoms with Crippen LogP contribution in [0, 0.1) is 5.92 Å². The van der Waals surface area contributed by atoms with Crippen LogP contribution in [0.4, 0.5) is 0 Å². The fourth-order valence-electron chi connectivity index (χ4n) is 2.70. The van der Waals surface area contributed by atoms with E-state index in [-0.39, 0.29) is 24.9 Å². The van der Waals surface area contributed by atoms with Gasteiger partial charge < -0.3 is 15.9 Å². The van der Waals surface area contributed by atoms with Gasteiger partial charge in [0.1, 0.15) is 6.23 Å². The lowest BCUT2D eigenvalue weighted by molar-refractivity contribution is 0.0674. The van der Waals surface area contributed by atoms with E-state index in [1.54, 1.807) is 0 Å². The highest BCUT2D eigenvalue weighted by Gasteiger charge is 2.13. The summed E-state index contributed by atoms with van der Waals surface area (Å²) in [5.74, 6) is -0.234. The van der Waals surface area contributed by atoms with Gasteiger partial charge in [0.2, 0.25) is 0 Å². The van der Waals surface area contributed by atoms with Crippen molar-refractivity contribution in [3.63, 3.8) is 0 Å². The highest BCUT2D eigenvalue weighted by molar-refractivity contribution is 5.85. The molecule has 0 spiro atoms. The van der Waals surface area contributed by atoms with Gasteiger partial charge in [-0.05, 0) is 36.8 Å². The van der Waals surface area contributed by atoms with Crippen molar-refractivity contribution in [1.82, 2.24) is 0 Å². The van der Waals surface area contributed by atoms with Gasteiger partial charge in [-0.15, -0.1) is 12.4 Å². The van der Waals surface area contributed by atoms with Gasteiger partial charge in [0.05, 0.1) is 0 Å². The Morgan fingerprint density at radius 1 is 0.913 bits per heavy atom. The van der Waals surface area contributed by atoms with Gasteiger partial charge >= 0.3 is 0 Å². The summed E-state index contributed by atoms with van der Waals surface area (Å²) >= 11 is 0. The first kappa shape index (κ1) is 22.4. The lowest BCUT2D eigenvalue weighted by atomic mass is 9.97. The molecule has 4 N–H and O–H groups in total. The Hall–Kier alpha value is -0.610. The Labute approximate surface area is 147 Å². The molecule has 0 aliphatic carbocycles. The second kappa shape index (κ2) is 13.8. The molecule has 0 radical (unpaired) electrons. The minimum atomic E-state index is -0.933. The number of halogens is 1. The molecule has 0 aliphatic rings. The van der Waals surface area contributed by atoms with Gasteiger partial charge in [-0.1, -0.05) is 63.3 Å². The maximum Gasteiger partial charge on any atom is 0.107 e. The van der Waals surface area contributed by atoms with E-state index >= 15 is 0 Å². The SMILES string of the molecule is CCCCCCCCc1ccc(CCC(CO)C(N)O)cc1.Cl. The molecule has 0 fully saturated rings. The van der Waals surface area contributed by atoms with Crippen molar-refractivity contribution in [3.05, 3.63) is 35.4 Å². The maximum absolute atomic E-state index is 9.33. The van der Waals surface area contributed by atoms with Gasteiger partial charge in [-0.25, -0.2) is 0 Å². The molecule has 1 rings (SSSR count). The first-order valence-corrected chi connectivity index (χ1v) is 8.79. The predicted molar refractivity (Wildman–Crippen MR) is 99.9 cm³/mol. The van der Waals surface area contributed by atoms with Gasteiger partial charge in [0.15, 0.2) is 0 Å². The number of aliphatic hydroxyl groups excluding tert-OH is 2. The lowest BCUT2D eigenvalue weighted by Crippen LogP contribution is -2.32. The van der Waals surface area contributed by atoms with E-state index < -0.39 is 6.23 Å². The van der Waals surface area contributed by atoms with Crippen molar-refractivity contribution in [1.29, 1.82) is 0 Å². The van der Waals surface area contributed by atoms with E-state index in [9.17, 15) is 5.11 Å². The zero-order chi connectivity index (χ0) is 16.2. The fraction of sp³-hybridized carbons (Fsp3) is 0.684. The quantitative estimate of drug-likeness (QED) is 0.399. The molecule has 23 heavy (non-hydrogen) atoms. The van der Waals surface area contributed by atoms with Crippen molar-refractivity contribution in [2.45, 2.75) is 70.9 Å². The first-order valence-electron chi connectivity index (χ1n) is 8.79. The van der Waals surface area contributed by atoms with Gasteiger partial charge in [-0.3, -0.25) is 0 Å². The summed E-state index contributed by atoms with van der Waals surface area (Å²) in [6, 6.07) is 8.72. The lowest BCUT2D eigenvalue weighted by Gasteiger charge is -2.16. The molecule has 1 aromatic rings. The van der Waals surface area contributed by atoms with Crippen LogP contribution in [0.25, 0.3) is 0 Å². The smallest absolute Gasteiger partial charge is 0.107 e. The van der Waals surface area contributed by atoms with Crippen LogP contribution >= 0.6 is 12.4 Å². The van der Waals surface area contributed by atoms with Crippen LogP contribution in [0.5, 0.6) is 0 Å². The van der Waals surface area contributed by atoms with Crippen molar-refractivity contribution in [3.8, 4) is 0 Å². The number of rotatable bonds is 12. The summed E-state index contributed by atoms with van der Waals surface area (Å²) in [6.07, 6.45) is 9.78. The highest BCUT2D eigenvalue weighted by atomic mass is 35.5. The largest absolute Gasteiger partial charge is 0.396 e. The number of hydrogen-bond acceptors (Lipinski definition) is 3. The van der Waals surface area contributed by atoms with Crippen LogP contribution in [0.2, 0.25) is 0 Å². The Morgan fingerprint density at radius 3 is 1.96 bits per heavy atom. The van der Waals surface area contributed by atoms with E-state index in [0.29, 0.717) is 6.42 Å². The van der Waals surface area contributed by atoms with E-state index in [4.69, 9.17) is 10.8 Å². The van der Waals surface area contributed by atoms with Crippen LogP contribution in [-0.4, -0.2) is 23.0 Å². The van der Waals surface area contributed by atoms with Crippen molar-refractivity contribution >= 4 is 12.4 Å². The number of unbranched alkanes of at least 4 members (excludes halogenated alkanes) is 5. The summed E-state index contributed by atoms with van der Waals surface area (Å²) in [5.41, 5.74) is 8.07. The van der Waals surface area contributed by atoms with Gasteiger partial charge in [0, 0.05) is 12.5 Å². The second-order valence-electron chi connectivity index (χ2n) is 6.31. The molecular formula is C19H34ClNO2. The molecule has 0 amide bonds. The van der Waals surface area contributed by atoms with Crippen LogP contribution in [0.15, 0.2) is 24.3 Å². The number of hydrogen-bond donors (Lipinski definition) is 3. The molecule has 0 aromatic heterocycles. The number of benzene rings is 1. The molecule has 1 aromatic carbocycles. The number of aryl methyl sites for hydroxylation is 2. The van der Waals surface area contributed by atoms with Crippen LogP contribution in [-0.2, 0) is 12.8 Å². The molecule has 4 heteroatoms. The highest BCUT2D eigenvalue weighted by Crippen LogP contribution is 2.14. The average Bonchev–Trinajstić information content (AvgIpc) is 2.52. The van der Waals surface area contributed by atoms with E-state index in [2.05, 4.69) is 31.2 Å². The first-order chi connectivity index (χ1) is 10.7. The molecule has 0 heterocycles. The Morgan fingerprint density at radius 2 is 1.43 bits per heavy atom. The molecular weight excluding hydrogens is 310 g/mol. The summed E-state index contributed by atoms with van der Waals surface area (Å²) in [4.78, 5) is 0. The van der Waals surface area contributed by atoms with Crippen LogP contribution in [0.1, 0.15) is 63.0 Å². The maximum atomic E-state index is 9.33. The Balaban J connectivity index is 0.00000484. The molecule has 2 unspecified atom stereocenters. The van der Waals surface area contributed by atoms with E-state index in [1.165, 1.54) is 49.7 Å². The van der Waals surface area contributed by atoms with Gasteiger partial charge in [-0.2, -0.15) is 0 Å².